The van der Waals surface area contributed by atoms with Gasteiger partial charge in [0, 0.05) is 32.6 Å². The van der Waals surface area contributed by atoms with Crippen molar-refractivity contribution in [1.29, 1.82) is 0 Å². The Morgan fingerprint density at radius 2 is 1.91 bits per heavy atom. The number of aryl methyl sites for hydroxylation is 1. The molecule has 3 heteroatoms. The van der Waals surface area contributed by atoms with Crippen LogP contribution in [0.2, 0.25) is 0 Å². The van der Waals surface area contributed by atoms with E-state index < -0.39 is 0 Å². The molecule has 4 rings (SSSR count). The molecule has 2 aromatic heterocycles. The Morgan fingerprint density at radius 1 is 1.00 bits per heavy atom. The predicted octanol–water partition coefficient (Wildman–Crippen LogP) is 5.13. The summed E-state index contributed by atoms with van der Waals surface area (Å²) in [6.07, 6.45) is 4.06. The van der Waals surface area contributed by atoms with Crippen molar-refractivity contribution in [3.8, 4) is 10.4 Å². The van der Waals surface area contributed by atoms with Crippen LogP contribution in [0.15, 0.2) is 53.7 Å². The average molecular weight is 304 g/mol. The number of pyridine rings is 1. The summed E-state index contributed by atoms with van der Waals surface area (Å²) in [4.78, 5) is 11.7. The second-order valence-electron chi connectivity index (χ2n) is 5.60. The van der Waals surface area contributed by atoms with Crippen molar-refractivity contribution in [3.63, 3.8) is 0 Å². The van der Waals surface area contributed by atoms with Gasteiger partial charge in [-0.1, -0.05) is 18.2 Å². The number of allylic oxidation sites excluding steroid dienone is 1. The van der Waals surface area contributed by atoms with Gasteiger partial charge in [0.15, 0.2) is 0 Å². The predicted molar refractivity (Wildman–Crippen MR) is 95.7 cm³/mol. The summed E-state index contributed by atoms with van der Waals surface area (Å²) in [6.45, 7) is 4.92. The van der Waals surface area contributed by atoms with Crippen molar-refractivity contribution in [2.75, 3.05) is 6.54 Å². The van der Waals surface area contributed by atoms with Crippen molar-refractivity contribution in [3.05, 3.63) is 59.2 Å². The molecule has 0 spiro atoms. The molecular formula is C19H16N2S. The van der Waals surface area contributed by atoms with Crippen LogP contribution < -0.4 is 0 Å². The number of fused-ring (bicyclic) bond motifs is 1. The number of hydrogen-bond acceptors (Lipinski definition) is 3. The van der Waals surface area contributed by atoms with Crippen LogP contribution in [-0.2, 0) is 0 Å². The highest BCUT2D eigenvalue weighted by Crippen LogP contribution is 2.35. The van der Waals surface area contributed by atoms with Gasteiger partial charge < -0.3 is 0 Å². The largest absolute Gasteiger partial charge is 0.285 e. The minimum atomic E-state index is 0.736. The molecule has 0 atom stereocenters. The first-order chi connectivity index (χ1) is 10.7. The number of rotatable bonds is 2. The Kier molecular flexibility index (Phi) is 3.16. The number of hydrogen-bond donors (Lipinski definition) is 0. The molecule has 0 bridgehead atoms. The minimum Gasteiger partial charge on any atom is -0.285 e. The summed E-state index contributed by atoms with van der Waals surface area (Å²) in [7, 11) is 0. The molecule has 0 N–H and O–H groups in total. The first-order valence-electron chi connectivity index (χ1n) is 7.39. The molecule has 0 saturated carbocycles. The van der Waals surface area contributed by atoms with Gasteiger partial charge in [-0.3, -0.25) is 9.98 Å². The van der Waals surface area contributed by atoms with Crippen molar-refractivity contribution in [2.45, 2.75) is 13.8 Å². The Morgan fingerprint density at radius 3 is 2.64 bits per heavy atom. The highest BCUT2D eigenvalue weighted by molar-refractivity contribution is 7.15. The lowest BCUT2D eigenvalue weighted by molar-refractivity contribution is 1.23. The highest BCUT2D eigenvalue weighted by atomic mass is 32.1. The summed E-state index contributed by atoms with van der Waals surface area (Å²) in [6, 6.07) is 13.0. The van der Waals surface area contributed by atoms with Gasteiger partial charge in [0.1, 0.15) is 0 Å². The molecule has 1 aromatic carbocycles. The fraction of sp³-hybridized carbons (Fsp3) is 0.158. The molecule has 1 aliphatic heterocycles. The number of aliphatic imine (C=N–C) groups is 1. The number of thiophene rings is 1. The molecule has 2 nitrogen and oxygen atoms in total. The van der Waals surface area contributed by atoms with Crippen LogP contribution in [0.5, 0.6) is 0 Å². The smallest absolute Gasteiger partial charge is 0.0759 e. The van der Waals surface area contributed by atoms with Gasteiger partial charge in [0.05, 0.1) is 12.2 Å². The van der Waals surface area contributed by atoms with E-state index in [1.807, 2.05) is 24.5 Å². The van der Waals surface area contributed by atoms with E-state index >= 15 is 0 Å². The quantitative estimate of drug-likeness (QED) is 0.644. The van der Waals surface area contributed by atoms with Gasteiger partial charge in [-0.15, -0.1) is 11.3 Å². The van der Waals surface area contributed by atoms with E-state index in [0.29, 0.717) is 0 Å². The highest BCUT2D eigenvalue weighted by Gasteiger charge is 2.14. The van der Waals surface area contributed by atoms with Crippen LogP contribution in [0.3, 0.4) is 0 Å². The van der Waals surface area contributed by atoms with Crippen molar-refractivity contribution in [2.24, 2.45) is 4.99 Å². The Hall–Kier alpha value is -2.26. The topological polar surface area (TPSA) is 25.2 Å². The molecule has 22 heavy (non-hydrogen) atoms. The molecule has 1 aliphatic rings. The summed E-state index contributed by atoms with van der Waals surface area (Å²) in [5, 5.41) is 2.47. The van der Waals surface area contributed by atoms with E-state index in [1.54, 1.807) is 0 Å². The molecule has 3 heterocycles. The van der Waals surface area contributed by atoms with E-state index in [1.165, 1.54) is 31.7 Å². The Bertz CT molecular complexity index is 932. The van der Waals surface area contributed by atoms with Gasteiger partial charge in [-0.05, 0) is 49.1 Å². The van der Waals surface area contributed by atoms with Gasteiger partial charge >= 0.3 is 0 Å². The zero-order valence-corrected chi connectivity index (χ0v) is 13.4. The molecule has 0 unspecified atom stereocenters. The summed E-state index contributed by atoms with van der Waals surface area (Å²) < 4.78 is 0. The van der Waals surface area contributed by atoms with Crippen LogP contribution >= 0.6 is 11.3 Å². The maximum absolute atomic E-state index is 4.63. The van der Waals surface area contributed by atoms with Gasteiger partial charge in [-0.25, -0.2) is 0 Å². The third-order valence-corrected chi connectivity index (χ3v) is 5.03. The molecule has 0 fully saturated rings. The van der Waals surface area contributed by atoms with Crippen molar-refractivity contribution >= 4 is 33.4 Å². The normalized spacial score (nSPS) is 14.3. The molecule has 0 saturated heterocycles. The van der Waals surface area contributed by atoms with E-state index in [4.69, 9.17) is 0 Å². The fourth-order valence-electron chi connectivity index (χ4n) is 2.95. The Labute approximate surface area is 133 Å². The summed E-state index contributed by atoms with van der Waals surface area (Å²) in [5.74, 6) is 0. The zero-order chi connectivity index (χ0) is 15.1. The van der Waals surface area contributed by atoms with Crippen LogP contribution in [0.25, 0.3) is 26.8 Å². The van der Waals surface area contributed by atoms with E-state index in [-0.39, 0.29) is 0 Å². The zero-order valence-electron chi connectivity index (χ0n) is 12.6. The molecule has 108 valence electrons. The van der Waals surface area contributed by atoms with E-state index in [9.17, 15) is 0 Å². The summed E-state index contributed by atoms with van der Waals surface area (Å²) in [5.41, 5.74) is 4.64. The van der Waals surface area contributed by atoms with Crippen LogP contribution in [0.4, 0.5) is 0 Å². The maximum Gasteiger partial charge on any atom is 0.0759 e. The monoisotopic (exact) mass is 304 g/mol. The molecule has 0 aliphatic carbocycles. The lowest BCUT2D eigenvalue weighted by atomic mass is 9.99. The van der Waals surface area contributed by atoms with Gasteiger partial charge in [0.2, 0.25) is 0 Å². The SMILES string of the molecule is CC1=NCC(c2nccc3c(-c4ccc(C)s4)cccc23)=C1. The first-order valence-corrected chi connectivity index (χ1v) is 8.20. The summed E-state index contributed by atoms with van der Waals surface area (Å²) >= 11 is 1.84. The lowest BCUT2D eigenvalue weighted by Crippen LogP contribution is -1.93. The molecule has 3 aromatic rings. The molecular weight excluding hydrogens is 288 g/mol. The Balaban J connectivity index is 1.94. The number of aromatic nitrogens is 1. The fourth-order valence-corrected chi connectivity index (χ4v) is 3.86. The standard InChI is InChI=1S/C19H16N2S/c1-12-10-14(11-21-12)19-17-5-3-4-16(15(17)8-9-20-19)18-7-6-13(2)22-18/h3-10H,11H2,1-2H3. The molecule has 0 amide bonds. The van der Waals surface area contributed by atoms with Crippen LogP contribution in [0, 0.1) is 6.92 Å². The van der Waals surface area contributed by atoms with E-state index in [2.05, 4.69) is 59.4 Å². The number of benzene rings is 1. The van der Waals surface area contributed by atoms with Crippen LogP contribution in [-0.4, -0.2) is 17.2 Å². The number of nitrogens with zero attached hydrogens (tertiary/aromatic N) is 2. The second-order valence-corrected chi connectivity index (χ2v) is 6.89. The first kappa shape index (κ1) is 13.4. The average Bonchev–Trinajstić information content (AvgIpc) is 3.15. The van der Waals surface area contributed by atoms with Crippen molar-refractivity contribution < 1.29 is 0 Å². The van der Waals surface area contributed by atoms with E-state index in [0.717, 1.165) is 18.0 Å². The third-order valence-electron chi connectivity index (χ3n) is 4.00. The van der Waals surface area contributed by atoms with Crippen molar-refractivity contribution in [1.82, 2.24) is 4.98 Å². The van der Waals surface area contributed by atoms with Gasteiger partial charge in [-0.2, -0.15) is 0 Å². The van der Waals surface area contributed by atoms with Gasteiger partial charge in [0.25, 0.3) is 0 Å². The van der Waals surface area contributed by atoms with Crippen LogP contribution in [0.1, 0.15) is 17.5 Å². The maximum atomic E-state index is 4.63. The lowest BCUT2D eigenvalue weighted by Gasteiger charge is -2.09. The third kappa shape index (κ3) is 2.18. The molecule has 0 radical (unpaired) electrons. The minimum absolute atomic E-state index is 0.736. The second kappa shape index (κ2) is 5.18.